The summed E-state index contributed by atoms with van der Waals surface area (Å²) in [6.45, 7) is 4.23. The summed E-state index contributed by atoms with van der Waals surface area (Å²) in [7, 11) is 1.62. The molecule has 0 atom stereocenters. The van der Waals surface area contributed by atoms with Crippen LogP contribution in [0.25, 0.3) is 0 Å². The van der Waals surface area contributed by atoms with Gasteiger partial charge >= 0.3 is 0 Å². The van der Waals surface area contributed by atoms with E-state index in [-0.39, 0.29) is 0 Å². The highest BCUT2D eigenvalue weighted by Crippen LogP contribution is 2.29. The molecule has 3 heterocycles. The lowest BCUT2D eigenvalue weighted by Crippen LogP contribution is -2.34. The Hall–Kier alpha value is -3.59. The van der Waals surface area contributed by atoms with Crippen molar-refractivity contribution in [2.24, 2.45) is 5.10 Å². The van der Waals surface area contributed by atoms with Gasteiger partial charge in [0.05, 0.1) is 13.3 Å². The molecular formula is C28H34ClN7O2. The zero-order valence-corrected chi connectivity index (χ0v) is 22.5. The number of methoxy groups -OCH3 is 1. The van der Waals surface area contributed by atoms with Gasteiger partial charge in [-0.05, 0) is 68.4 Å². The molecule has 0 saturated carbocycles. The van der Waals surface area contributed by atoms with Gasteiger partial charge in [0.2, 0.25) is 17.8 Å². The molecule has 0 radical (unpaired) electrons. The van der Waals surface area contributed by atoms with E-state index in [0.717, 1.165) is 74.9 Å². The number of ether oxygens (including phenoxy) is 2. The van der Waals surface area contributed by atoms with Crippen LogP contribution < -0.4 is 24.7 Å². The predicted molar refractivity (Wildman–Crippen MR) is 152 cm³/mol. The fourth-order valence-corrected chi connectivity index (χ4v) is 4.88. The van der Waals surface area contributed by atoms with E-state index in [0.29, 0.717) is 29.1 Å². The molecule has 3 aromatic rings. The maximum Gasteiger partial charge on any atom is 0.250 e. The molecule has 2 fully saturated rings. The Labute approximate surface area is 228 Å². The Morgan fingerprint density at radius 3 is 2.16 bits per heavy atom. The van der Waals surface area contributed by atoms with Crippen LogP contribution >= 0.6 is 11.6 Å². The quantitative estimate of drug-likeness (QED) is 0.282. The first-order valence-corrected chi connectivity index (χ1v) is 13.7. The molecule has 0 aliphatic carbocycles. The van der Waals surface area contributed by atoms with E-state index < -0.39 is 0 Å². The highest BCUT2D eigenvalue weighted by molar-refractivity contribution is 6.31. The molecule has 0 spiro atoms. The Morgan fingerprint density at radius 2 is 1.53 bits per heavy atom. The molecule has 2 saturated heterocycles. The van der Waals surface area contributed by atoms with Crippen molar-refractivity contribution in [1.82, 2.24) is 15.0 Å². The summed E-state index contributed by atoms with van der Waals surface area (Å²) in [5, 5.41) is 5.09. The van der Waals surface area contributed by atoms with Gasteiger partial charge in [0.25, 0.3) is 0 Å². The third-order valence-corrected chi connectivity index (χ3v) is 7.17. The van der Waals surface area contributed by atoms with Gasteiger partial charge in [-0.3, -0.25) is 0 Å². The summed E-state index contributed by atoms with van der Waals surface area (Å²) < 4.78 is 11.5. The Morgan fingerprint density at radius 1 is 0.868 bits per heavy atom. The van der Waals surface area contributed by atoms with Crippen LogP contribution in [0.5, 0.6) is 11.5 Å². The lowest BCUT2D eigenvalue weighted by Gasteiger charge is -2.30. The first-order chi connectivity index (χ1) is 18.7. The number of benzene rings is 2. The number of hydrogen-bond acceptors (Lipinski definition) is 9. The number of nitrogens with one attached hydrogen (secondary N) is 1. The molecular weight excluding hydrogens is 502 g/mol. The molecule has 9 nitrogen and oxygen atoms in total. The molecule has 200 valence electrons. The van der Waals surface area contributed by atoms with Gasteiger partial charge in [0.15, 0.2) is 11.5 Å². The summed E-state index contributed by atoms with van der Waals surface area (Å²) in [6.07, 6.45) is 8.85. The largest absolute Gasteiger partial charge is 0.493 e. The minimum Gasteiger partial charge on any atom is -0.493 e. The molecule has 38 heavy (non-hydrogen) atoms. The summed E-state index contributed by atoms with van der Waals surface area (Å²) in [6, 6.07) is 13.3. The summed E-state index contributed by atoms with van der Waals surface area (Å²) in [5.41, 5.74) is 4.79. The van der Waals surface area contributed by atoms with Crippen LogP contribution in [-0.4, -0.2) is 54.5 Å². The normalized spacial score (nSPS) is 16.1. The zero-order valence-electron chi connectivity index (χ0n) is 21.8. The van der Waals surface area contributed by atoms with E-state index in [1.807, 2.05) is 42.5 Å². The Bertz CT molecular complexity index is 1210. The van der Waals surface area contributed by atoms with Gasteiger partial charge in [-0.1, -0.05) is 29.8 Å². The van der Waals surface area contributed by atoms with Crippen LogP contribution in [0.2, 0.25) is 5.02 Å². The van der Waals surface area contributed by atoms with Crippen LogP contribution in [0.1, 0.15) is 49.7 Å². The van der Waals surface area contributed by atoms with Gasteiger partial charge in [0.1, 0.15) is 6.61 Å². The number of hydrogen-bond donors (Lipinski definition) is 1. The fraction of sp³-hybridized carbons (Fsp3) is 0.429. The average molecular weight is 536 g/mol. The summed E-state index contributed by atoms with van der Waals surface area (Å²) in [5.74, 6) is 3.14. The highest BCUT2D eigenvalue weighted by atomic mass is 35.5. The molecule has 0 bridgehead atoms. The number of anilines is 3. The lowest BCUT2D eigenvalue weighted by molar-refractivity contribution is 0.284. The molecule has 1 aromatic heterocycles. The number of hydrazone groups is 1. The molecule has 0 unspecified atom stereocenters. The van der Waals surface area contributed by atoms with E-state index in [2.05, 4.69) is 30.3 Å². The number of piperidine rings is 2. The van der Waals surface area contributed by atoms with Crippen molar-refractivity contribution < 1.29 is 9.47 Å². The minimum absolute atomic E-state index is 0.350. The van der Waals surface area contributed by atoms with Crippen molar-refractivity contribution in [3.63, 3.8) is 0 Å². The number of nitrogens with zero attached hydrogens (tertiary/aromatic N) is 6. The second-order valence-corrected chi connectivity index (χ2v) is 9.92. The topological polar surface area (TPSA) is 88.0 Å². The van der Waals surface area contributed by atoms with Crippen molar-refractivity contribution in [2.75, 3.05) is 48.5 Å². The molecule has 2 aromatic carbocycles. The smallest absolute Gasteiger partial charge is 0.250 e. The Kier molecular flexibility index (Phi) is 8.75. The van der Waals surface area contributed by atoms with E-state index in [1.54, 1.807) is 13.3 Å². The van der Waals surface area contributed by atoms with E-state index >= 15 is 0 Å². The van der Waals surface area contributed by atoms with Crippen LogP contribution in [0.15, 0.2) is 47.6 Å². The van der Waals surface area contributed by atoms with Crippen molar-refractivity contribution in [2.45, 2.75) is 45.1 Å². The second-order valence-electron chi connectivity index (χ2n) is 9.51. The van der Waals surface area contributed by atoms with Crippen molar-refractivity contribution in [3.8, 4) is 11.5 Å². The number of aromatic nitrogens is 3. The lowest BCUT2D eigenvalue weighted by atomic mass is 10.1. The van der Waals surface area contributed by atoms with Gasteiger partial charge in [0, 0.05) is 36.8 Å². The van der Waals surface area contributed by atoms with Gasteiger partial charge in [-0.2, -0.15) is 20.1 Å². The molecule has 5 rings (SSSR count). The fourth-order valence-electron chi connectivity index (χ4n) is 4.69. The standard InChI is InChI=1S/C28H34ClN7O2/c1-37-25-18-21(12-13-24(25)38-20-22-10-4-5-11-23(22)29)19-30-34-26-31-27(35-14-6-2-7-15-35)33-28(32-26)36-16-8-3-9-17-36/h4-5,10-13,18-19H,2-3,6-9,14-17,20H2,1H3,(H,31,32,33,34)/b30-19+. The molecule has 2 aliphatic rings. The molecule has 1 N–H and O–H groups in total. The number of halogens is 1. The van der Waals surface area contributed by atoms with Crippen molar-refractivity contribution in [3.05, 3.63) is 58.6 Å². The SMILES string of the molecule is COc1cc(/C=N/Nc2nc(N3CCCCC3)nc(N3CCCCC3)n2)ccc1OCc1ccccc1Cl. The number of rotatable bonds is 9. The molecule has 2 aliphatic heterocycles. The molecule has 0 amide bonds. The van der Waals surface area contributed by atoms with Crippen molar-refractivity contribution >= 4 is 35.7 Å². The average Bonchev–Trinajstić information content (AvgIpc) is 2.98. The first kappa shape index (κ1) is 26.0. The third-order valence-electron chi connectivity index (χ3n) is 6.80. The van der Waals surface area contributed by atoms with Crippen molar-refractivity contribution in [1.29, 1.82) is 0 Å². The molecule has 10 heteroatoms. The second kappa shape index (κ2) is 12.8. The maximum atomic E-state index is 6.25. The van der Waals surface area contributed by atoms with Crippen LogP contribution in [0, 0.1) is 0 Å². The van der Waals surface area contributed by atoms with Crippen LogP contribution in [0.3, 0.4) is 0 Å². The Balaban J connectivity index is 1.29. The monoisotopic (exact) mass is 535 g/mol. The zero-order chi connectivity index (χ0) is 26.2. The highest BCUT2D eigenvalue weighted by Gasteiger charge is 2.20. The first-order valence-electron chi connectivity index (χ1n) is 13.3. The van der Waals surface area contributed by atoms with Crippen LogP contribution in [0.4, 0.5) is 17.8 Å². The minimum atomic E-state index is 0.350. The maximum absolute atomic E-state index is 6.25. The summed E-state index contributed by atoms with van der Waals surface area (Å²) >= 11 is 6.25. The van der Waals surface area contributed by atoms with Gasteiger partial charge < -0.3 is 19.3 Å². The van der Waals surface area contributed by atoms with Gasteiger partial charge in [-0.25, -0.2) is 5.43 Å². The third kappa shape index (κ3) is 6.64. The summed E-state index contributed by atoms with van der Waals surface area (Å²) in [4.78, 5) is 18.7. The van der Waals surface area contributed by atoms with Gasteiger partial charge in [-0.15, -0.1) is 0 Å². The van der Waals surface area contributed by atoms with E-state index in [4.69, 9.17) is 26.1 Å². The predicted octanol–water partition coefficient (Wildman–Crippen LogP) is 5.54. The van der Waals surface area contributed by atoms with E-state index in [1.165, 1.54) is 12.8 Å². The van der Waals surface area contributed by atoms with Crippen LogP contribution in [-0.2, 0) is 6.61 Å². The van der Waals surface area contributed by atoms with E-state index in [9.17, 15) is 0 Å².